The summed E-state index contributed by atoms with van der Waals surface area (Å²) in [6, 6.07) is 5.39. The standard InChI is InChI=1S/C10H9BrFN.C5H10O2/c11-3-1-7-5-8-2-4-13-10(8)6-9(7)12;1-5(2,3)7-4-6/h2,4-6,13H,1,3H2;4H,1-3H3. The number of hydrogen-bond acceptors (Lipinski definition) is 2. The van der Waals surface area contributed by atoms with Crippen LogP contribution in [0.3, 0.4) is 0 Å². The zero-order chi connectivity index (χ0) is 15.2. The van der Waals surface area contributed by atoms with Gasteiger partial charge in [-0.3, -0.25) is 4.79 Å². The van der Waals surface area contributed by atoms with Gasteiger partial charge in [-0.1, -0.05) is 15.9 Å². The average molecular weight is 344 g/mol. The third-order valence-electron chi connectivity index (χ3n) is 2.49. The second-order valence-corrected chi connectivity index (χ2v) is 6.07. The van der Waals surface area contributed by atoms with Crippen LogP contribution in [0.2, 0.25) is 0 Å². The van der Waals surface area contributed by atoms with Crippen LogP contribution in [-0.2, 0) is 16.0 Å². The summed E-state index contributed by atoms with van der Waals surface area (Å²) < 4.78 is 17.9. The number of carbonyl (C=O) groups is 1. The van der Waals surface area contributed by atoms with Crippen molar-refractivity contribution in [1.82, 2.24) is 4.98 Å². The Labute approximate surface area is 126 Å². The fraction of sp³-hybridized carbons (Fsp3) is 0.400. The summed E-state index contributed by atoms with van der Waals surface area (Å²) >= 11 is 3.30. The topological polar surface area (TPSA) is 42.1 Å². The van der Waals surface area contributed by atoms with Crippen molar-refractivity contribution in [2.45, 2.75) is 32.8 Å². The van der Waals surface area contributed by atoms with E-state index in [0.717, 1.165) is 28.2 Å². The lowest BCUT2D eigenvalue weighted by atomic mass is 10.1. The molecule has 1 N–H and O–H groups in total. The van der Waals surface area contributed by atoms with Crippen LogP contribution in [-0.4, -0.2) is 22.4 Å². The third kappa shape index (κ3) is 5.33. The maximum atomic E-state index is 13.3. The van der Waals surface area contributed by atoms with Gasteiger partial charge in [0.15, 0.2) is 0 Å². The smallest absolute Gasteiger partial charge is 0.293 e. The molecule has 3 nitrogen and oxygen atoms in total. The number of nitrogens with one attached hydrogen (secondary N) is 1. The van der Waals surface area contributed by atoms with Crippen molar-refractivity contribution in [3.05, 3.63) is 35.8 Å². The normalized spacial score (nSPS) is 10.8. The number of hydrogen-bond donors (Lipinski definition) is 1. The van der Waals surface area contributed by atoms with E-state index in [1.807, 2.05) is 39.1 Å². The molecule has 0 spiro atoms. The van der Waals surface area contributed by atoms with E-state index in [1.165, 1.54) is 0 Å². The number of ether oxygens (including phenoxy) is 1. The summed E-state index contributed by atoms with van der Waals surface area (Å²) in [6.07, 6.45) is 2.55. The third-order valence-corrected chi connectivity index (χ3v) is 2.88. The highest BCUT2D eigenvalue weighted by Gasteiger charge is 2.07. The van der Waals surface area contributed by atoms with E-state index >= 15 is 0 Å². The molecule has 0 aliphatic carbocycles. The molecule has 110 valence electrons. The van der Waals surface area contributed by atoms with E-state index in [0.29, 0.717) is 6.47 Å². The lowest BCUT2D eigenvalue weighted by molar-refractivity contribution is -0.138. The zero-order valence-electron chi connectivity index (χ0n) is 11.9. The number of H-pyrrole nitrogens is 1. The molecule has 0 unspecified atom stereocenters. The second-order valence-electron chi connectivity index (χ2n) is 5.27. The van der Waals surface area contributed by atoms with Crippen LogP contribution >= 0.6 is 15.9 Å². The van der Waals surface area contributed by atoms with Crippen molar-refractivity contribution in [2.75, 3.05) is 5.33 Å². The Morgan fingerprint density at radius 3 is 2.60 bits per heavy atom. The molecule has 0 aliphatic heterocycles. The van der Waals surface area contributed by atoms with Crippen molar-refractivity contribution in [3.8, 4) is 0 Å². The summed E-state index contributed by atoms with van der Waals surface area (Å²) in [5.41, 5.74) is 1.31. The van der Waals surface area contributed by atoms with Crippen LogP contribution in [0.5, 0.6) is 0 Å². The molecule has 1 aromatic carbocycles. The van der Waals surface area contributed by atoms with Crippen LogP contribution in [0.1, 0.15) is 26.3 Å². The molecule has 0 saturated carbocycles. The van der Waals surface area contributed by atoms with Gasteiger partial charge in [0, 0.05) is 17.0 Å². The molecule has 0 bridgehead atoms. The molecule has 0 fully saturated rings. The summed E-state index contributed by atoms with van der Waals surface area (Å²) in [5.74, 6) is -0.130. The Bertz CT molecular complexity index is 560. The minimum absolute atomic E-state index is 0.130. The van der Waals surface area contributed by atoms with Gasteiger partial charge in [-0.2, -0.15) is 0 Å². The molecule has 0 saturated heterocycles. The molecule has 0 atom stereocenters. The molecule has 2 rings (SSSR count). The Hall–Kier alpha value is -1.36. The van der Waals surface area contributed by atoms with Crippen LogP contribution in [0.25, 0.3) is 10.9 Å². The summed E-state index contributed by atoms with van der Waals surface area (Å²) in [7, 11) is 0. The van der Waals surface area contributed by atoms with Crippen molar-refractivity contribution < 1.29 is 13.9 Å². The Balaban J connectivity index is 0.000000246. The fourth-order valence-corrected chi connectivity index (χ4v) is 1.99. The maximum absolute atomic E-state index is 13.3. The number of carbonyl (C=O) groups excluding carboxylic acids is 1. The highest BCUT2D eigenvalue weighted by molar-refractivity contribution is 9.09. The van der Waals surface area contributed by atoms with Crippen LogP contribution in [0.15, 0.2) is 24.4 Å². The first-order valence-corrected chi connectivity index (χ1v) is 7.42. The van der Waals surface area contributed by atoms with Gasteiger partial charge in [0.2, 0.25) is 0 Å². The van der Waals surface area contributed by atoms with Gasteiger partial charge in [0.05, 0.1) is 0 Å². The molecule has 0 amide bonds. The predicted octanol–water partition coefficient (Wildman–Crippen LogP) is 4.20. The highest BCUT2D eigenvalue weighted by Crippen LogP contribution is 2.18. The molecule has 1 aromatic heterocycles. The number of benzene rings is 1. The number of aromatic nitrogens is 1. The minimum Gasteiger partial charge on any atom is -0.462 e. The summed E-state index contributed by atoms with van der Waals surface area (Å²) in [5, 5.41) is 1.86. The molecule has 2 aromatic rings. The number of alkyl halides is 1. The van der Waals surface area contributed by atoms with Gasteiger partial charge in [-0.15, -0.1) is 0 Å². The van der Waals surface area contributed by atoms with E-state index in [1.54, 1.807) is 6.07 Å². The fourth-order valence-electron chi connectivity index (χ4n) is 1.56. The largest absolute Gasteiger partial charge is 0.462 e. The van der Waals surface area contributed by atoms with E-state index in [9.17, 15) is 9.18 Å². The Morgan fingerprint density at radius 1 is 1.40 bits per heavy atom. The van der Waals surface area contributed by atoms with E-state index in [2.05, 4.69) is 25.7 Å². The predicted molar refractivity (Wildman–Crippen MR) is 82.7 cm³/mol. The zero-order valence-corrected chi connectivity index (χ0v) is 13.5. The molecule has 20 heavy (non-hydrogen) atoms. The van der Waals surface area contributed by atoms with E-state index in [4.69, 9.17) is 0 Å². The first-order valence-electron chi connectivity index (χ1n) is 6.30. The average Bonchev–Trinajstić information content (AvgIpc) is 2.76. The first-order chi connectivity index (χ1) is 9.37. The van der Waals surface area contributed by atoms with Gasteiger partial charge in [0.25, 0.3) is 6.47 Å². The van der Waals surface area contributed by atoms with Gasteiger partial charge in [-0.25, -0.2) is 4.39 Å². The van der Waals surface area contributed by atoms with Crippen LogP contribution in [0, 0.1) is 5.82 Å². The Kier molecular flexibility index (Phi) is 6.20. The number of aromatic amines is 1. The number of halogens is 2. The number of rotatable bonds is 3. The number of fused-ring (bicyclic) bond motifs is 1. The summed E-state index contributed by atoms with van der Waals surface area (Å²) in [4.78, 5) is 12.6. The highest BCUT2D eigenvalue weighted by atomic mass is 79.9. The van der Waals surface area contributed by atoms with E-state index in [-0.39, 0.29) is 11.4 Å². The van der Waals surface area contributed by atoms with Crippen molar-refractivity contribution in [1.29, 1.82) is 0 Å². The SMILES string of the molecule is CC(C)(C)OC=O.Fc1cc2[nH]ccc2cc1CCBr. The molecule has 5 heteroatoms. The van der Waals surface area contributed by atoms with Crippen molar-refractivity contribution in [3.63, 3.8) is 0 Å². The quantitative estimate of drug-likeness (QED) is 0.670. The van der Waals surface area contributed by atoms with Gasteiger partial charge >= 0.3 is 0 Å². The van der Waals surface area contributed by atoms with Crippen LogP contribution < -0.4 is 0 Å². The molecular weight excluding hydrogens is 325 g/mol. The maximum Gasteiger partial charge on any atom is 0.293 e. The second kappa shape index (κ2) is 7.43. The minimum atomic E-state index is -0.318. The van der Waals surface area contributed by atoms with Gasteiger partial charge in [0.1, 0.15) is 11.4 Å². The monoisotopic (exact) mass is 343 g/mol. The van der Waals surface area contributed by atoms with Gasteiger partial charge < -0.3 is 9.72 Å². The van der Waals surface area contributed by atoms with Crippen molar-refractivity contribution in [2.24, 2.45) is 0 Å². The van der Waals surface area contributed by atoms with Gasteiger partial charge in [-0.05, 0) is 56.3 Å². The van der Waals surface area contributed by atoms with Crippen molar-refractivity contribution >= 4 is 33.3 Å². The first kappa shape index (κ1) is 16.7. The van der Waals surface area contributed by atoms with Crippen LogP contribution in [0.4, 0.5) is 4.39 Å². The lowest BCUT2D eigenvalue weighted by Crippen LogP contribution is -2.17. The molecule has 0 radical (unpaired) electrons. The lowest BCUT2D eigenvalue weighted by Gasteiger charge is -2.14. The Morgan fingerprint density at radius 2 is 2.10 bits per heavy atom. The van der Waals surface area contributed by atoms with E-state index < -0.39 is 0 Å². The molecular formula is C15H19BrFNO2. The number of aryl methyl sites for hydroxylation is 1. The summed E-state index contributed by atoms with van der Waals surface area (Å²) in [6.45, 7) is 5.92. The molecule has 0 aliphatic rings. The molecule has 1 heterocycles.